The first kappa shape index (κ1) is 17.2. The van der Waals surface area contributed by atoms with E-state index in [0.717, 1.165) is 11.8 Å². The van der Waals surface area contributed by atoms with Gasteiger partial charge in [0, 0.05) is 18.2 Å². The van der Waals surface area contributed by atoms with Crippen molar-refractivity contribution in [2.24, 2.45) is 17.8 Å². The van der Waals surface area contributed by atoms with Gasteiger partial charge >= 0.3 is 0 Å². The Morgan fingerprint density at radius 3 is 2.79 bits per heavy atom. The lowest BCUT2D eigenvalue weighted by Gasteiger charge is -2.28. The number of nitrogens with zero attached hydrogens (tertiary/aromatic N) is 1. The third-order valence-electron chi connectivity index (χ3n) is 5.46. The number of carbonyl (C=O) groups excluding carboxylic acids is 1. The van der Waals surface area contributed by atoms with E-state index in [9.17, 15) is 14.9 Å². The monoisotopic (exact) mass is 351 g/mol. The Morgan fingerprint density at radius 1 is 1.42 bits per heavy atom. The van der Waals surface area contributed by atoms with Crippen LogP contribution in [0.25, 0.3) is 0 Å². The number of amides is 1. The molecule has 0 radical (unpaired) electrons. The van der Waals surface area contributed by atoms with Crippen LogP contribution in [-0.4, -0.2) is 23.4 Å². The molecule has 2 aliphatic carbocycles. The molecule has 24 heavy (non-hydrogen) atoms. The van der Waals surface area contributed by atoms with Crippen LogP contribution in [-0.2, 0) is 4.79 Å². The van der Waals surface area contributed by atoms with Crippen molar-refractivity contribution in [3.63, 3.8) is 0 Å². The predicted molar refractivity (Wildman–Crippen MR) is 93.1 cm³/mol. The summed E-state index contributed by atoms with van der Waals surface area (Å²) in [7, 11) is 0. The smallest absolute Gasteiger partial charge is 0.271 e. The van der Waals surface area contributed by atoms with Crippen molar-refractivity contribution < 1.29 is 9.72 Å². The van der Waals surface area contributed by atoms with Crippen molar-refractivity contribution in [3.05, 3.63) is 33.3 Å². The number of nitro groups is 1. The van der Waals surface area contributed by atoms with Crippen LogP contribution in [0.15, 0.2) is 18.2 Å². The molecule has 0 unspecified atom stereocenters. The quantitative estimate of drug-likeness (QED) is 0.605. The summed E-state index contributed by atoms with van der Waals surface area (Å²) in [6.45, 7) is 2.36. The number of nitrogens with one attached hydrogen (secondary N) is 2. The maximum atomic E-state index is 12.1. The lowest BCUT2D eigenvalue weighted by Crippen LogP contribution is -2.40. The lowest BCUT2D eigenvalue weighted by atomic mass is 9.84. The number of nitro benzene ring substituents is 1. The molecule has 6 nitrogen and oxygen atoms in total. The van der Waals surface area contributed by atoms with Crippen LogP contribution >= 0.6 is 11.6 Å². The molecule has 2 fully saturated rings. The molecule has 7 heteroatoms. The number of halogens is 1. The average Bonchev–Trinajstić information content (AvgIpc) is 3.17. The molecule has 4 atom stereocenters. The van der Waals surface area contributed by atoms with Crippen molar-refractivity contribution in [2.75, 3.05) is 11.9 Å². The van der Waals surface area contributed by atoms with E-state index in [4.69, 9.17) is 11.6 Å². The fourth-order valence-corrected chi connectivity index (χ4v) is 4.45. The number of rotatable bonds is 6. The van der Waals surface area contributed by atoms with Crippen LogP contribution in [0.4, 0.5) is 11.4 Å². The Hall–Kier alpha value is -1.66. The summed E-state index contributed by atoms with van der Waals surface area (Å²) in [5, 5.41) is 16.9. The zero-order valence-corrected chi connectivity index (χ0v) is 14.4. The Bertz CT molecular complexity index is 652. The Kier molecular flexibility index (Phi) is 5.06. The van der Waals surface area contributed by atoms with Gasteiger partial charge in [-0.05, 0) is 50.0 Å². The highest BCUT2D eigenvalue weighted by atomic mass is 35.5. The summed E-state index contributed by atoms with van der Waals surface area (Å²) in [6, 6.07) is 4.34. The fraction of sp³-hybridized carbons (Fsp3) is 0.588. The first-order chi connectivity index (χ1) is 11.4. The largest absolute Gasteiger partial charge is 0.324 e. The highest BCUT2D eigenvalue weighted by molar-refractivity contribution is 6.34. The van der Waals surface area contributed by atoms with Crippen LogP contribution in [0.3, 0.4) is 0 Å². The average molecular weight is 352 g/mol. The molecule has 0 aliphatic heterocycles. The van der Waals surface area contributed by atoms with E-state index in [2.05, 4.69) is 17.6 Å². The standard InChI is InChI=1S/C17H22ClN3O3/c1-10(14-7-11-2-3-12(14)6-11)19-9-17(22)20-16-5-4-13(21(23)24)8-15(16)18/h4-5,8,10-12,14,19H,2-3,6-7,9H2,1H3,(H,20,22)/t10-,11+,12+,14-/m1/s1. The summed E-state index contributed by atoms with van der Waals surface area (Å²) in [5.74, 6) is 2.17. The van der Waals surface area contributed by atoms with Crippen LogP contribution < -0.4 is 10.6 Å². The molecule has 2 aliphatic rings. The highest BCUT2D eigenvalue weighted by Crippen LogP contribution is 2.49. The van der Waals surface area contributed by atoms with E-state index in [0.29, 0.717) is 17.6 Å². The minimum absolute atomic E-state index is 0.0963. The Labute approximate surface area is 146 Å². The molecule has 1 aromatic carbocycles. The van der Waals surface area contributed by atoms with Gasteiger partial charge in [-0.2, -0.15) is 0 Å². The minimum Gasteiger partial charge on any atom is -0.324 e. The maximum Gasteiger partial charge on any atom is 0.271 e. The first-order valence-corrected chi connectivity index (χ1v) is 8.79. The van der Waals surface area contributed by atoms with Gasteiger partial charge in [-0.15, -0.1) is 0 Å². The Morgan fingerprint density at radius 2 is 2.21 bits per heavy atom. The summed E-state index contributed by atoms with van der Waals surface area (Å²) in [4.78, 5) is 22.3. The summed E-state index contributed by atoms with van der Waals surface area (Å²) in [6.07, 6.45) is 5.31. The number of fused-ring (bicyclic) bond motifs is 2. The van der Waals surface area contributed by atoms with Gasteiger partial charge in [0.15, 0.2) is 0 Å². The van der Waals surface area contributed by atoms with Gasteiger partial charge < -0.3 is 10.6 Å². The zero-order chi connectivity index (χ0) is 17.3. The van der Waals surface area contributed by atoms with Gasteiger partial charge in [0.05, 0.1) is 22.2 Å². The Balaban J connectivity index is 1.50. The molecule has 1 aromatic rings. The van der Waals surface area contributed by atoms with Crippen molar-refractivity contribution in [1.82, 2.24) is 5.32 Å². The number of anilines is 1. The summed E-state index contributed by atoms with van der Waals surface area (Å²) < 4.78 is 0. The second kappa shape index (κ2) is 7.07. The molecule has 0 saturated heterocycles. The van der Waals surface area contributed by atoms with E-state index in [1.165, 1.54) is 43.9 Å². The van der Waals surface area contributed by atoms with Crippen molar-refractivity contribution in [2.45, 2.75) is 38.6 Å². The molecule has 0 heterocycles. The molecule has 2 N–H and O–H groups in total. The van der Waals surface area contributed by atoms with Gasteiger partial charge in [0.2, 0.25) is 5.91 Å². The number of hydrogen-bond acceptors (Lipinski definition) is 4. The number of non-ortho nitro benzene ring substituents is 1. The number of benzene rings is 1. The van der Waals surface area contributed by atoms with Gasteiger partial charge in [0.1, 0.15) is 0 Å². The lowest BCUT2D eigenvalue weighted by molar-refractivity contribution is -0.384. The van der Waals surface area contributed by atoms with Gasteiger partial charge in [0.25, 0.3) is 5.69 Å². The van der Waals surface area contributed by atoms with E-state index in [1.807, 2.05) is 0 Å². The summed E-state index contributed by atoms with van der Waals surface area (Å²) in [5.41, 5.74) is 0.294. The molecule has 1 amide bonds. The molecule has 130 valence electrons. The van der Waals surface area contributed by atoms with E-state index in [-0.39, 0.29) is 23.2 Å². The maximum absolute atomic E-state index is 12.1. The molecular formula is C17H22ClN3O3. The molecule has 2 saturated carbocycles. The number of carbonyl (C=O) groups is 1. The van der Waals surface area contributed by atoms with Crippen LogP contribution in [0, 0.1) is 27.9 Å². The van der Waals surface area contributed by atoms with Crippen LogP contribution in [0.5, 0.6) is 0 Å². The molecule has 0 aromatic heterocycles. The second-order valence-electron chi connectivity index (χ2n) is 6.98. The molecule has 0 spiro atoms. The summed E-state index contributed by atoms with van der Waals surface area (Å²) >= 11 is 5.99. The molecular weight excluding hydrogens is 330 g/mol. The van der Waals surface area contributed by atoms with Crippen molar-refractivity contribution in [3.8, 4) is 0 Å². The normalized spacial score (nSPS) is 26.3. The SMILES string of the molecule is C[C@@H](NCC(=O)Nc1ccc([N+](=O)[O-])cc1Cl)[C@H]1C[C@H]2CC[C@H]1C2. The zero-order valence-electron chi connectivity index (χ0n) is 13.6. The molecule has 2 bridgehead atoms. The predicted octanol–water partition coefficient (Wildman–Crippen LogP) is 3.60. The van der Waals surface area contributed by atoms with Crippen LogP contribution in [0.2, 0.25) is 5.02 Å². The third-order valence-corrected chi connectivity index (χ3v) is 5.77. The minimum atomic E-state index is -0.518. The first-order valence-electron chi connectivity index (χ1n) is 8.41. The third kappa shape index (κ3) is 3.70. The van der Waals surface area contributed by atoms with E-state index in [1.54, 1.807) is 0 Å². The van der Waals surface area contributed by atoms with Crippen molar-refractivity contribution in [1.29, 1.82) is 0 Å². The number of hydrogen-bond donors (Lipinski definition) is 2. The fourth-order valence-electron chi connectivity index (χ4n) is 4.22. The van der Waals surface area contributed by atoms with E-state index >= 15 is 0 Å². The highest BCUT2D eigenvalue weighted by Gasteiger charge is 2.41. The van der Waals surface area contributed by atoms with Gasteiger partial charge in [-0.3, -0.25) is 14.9 Å². The van der Waals surface area contributed by atoms with Gasteiger partial charge in [-0.25, -0.2) is 0 Å². The second-order valence-corrected chi connectivity index (χ2v) is 7.38. The van der Waals surface area contributed by atoms with Crippen LogP contribution in [0.1, 0.15) is 32.6 Å². The van der Waals surface area contributed by atoms with E-state index < -0.39 is 4.92 Å². The van der Waals surface area contributed by atoms with Gasteiger partial charge in [-0.1, -0.05) is 18.0 Å². The topological polar surface area (TPSA) is 84.3 Å². The van der Waals surface area contributed by atoms with Crippen molar-refractivity contribution >= 4 is 28.9 Å². The molecule has 3 rings (SSSR count).